The smallest absolute Gasteiger partial charge is 0.201 e. The standard InChI is InChI=1S/C29H36O3/c1-2-3-4-5-6-7-8-10-13-22-16-18-24(19-17-22)26-21-25(27(30)29(32)28(26)31)20-23-14-11-9-12-15-23/h9,11-12,14-19,21,30-32H,2-8,10,13,20H2,1H3. The average molecular weight is 433 g/mol. The van der Waals surface area contributed by atoms with Crippen LogP contribution in [-0.4, -0.2) is 15.3 Å². The van der Waals surface area contributed by atoms with Gasteiger partial charge >= 0.3 is 0 Å². The molecular formula is C29H36O3. The van der Waals surface area contributed by atoms with Crippen molar-refractivity contribution in [2.75, 3.05) is 0 Å². The maximum Gasteiger partial charge on any atom is 0.201 e. The van der Waals surface area contributed by atoms with Gasteiger partial charge in [-0.05, 0) is 35.6 Å². The Morgan fingerprint density at radius 1 is 0.594 bits per heavy atom. The second kappa shape index (κ2) is 12.2. The van der Waals surface area contributed by atoms with Gasteiger partial charge in [-0.3, -0.25) is 0 Å². The van der Waals surface area contributed by atoms with E-state index in [1.54, 1.807) is 6.07 Å². The maximum absolute atomic E-state index is 10.5. The molecule has 0 spiro atoms. The van der Waals surface area contributed by atoms with Crippen LogP contribution in [0.2, 0.25) is 0 Å². The van der Waals surface area contributed by atoms with Crippen molar-refractivity contribution in [1.82, 2.24) is 0 Å². The minimum absolute atomic E-state index is 0.263. The first-order valence-corrected chi connectivity index (χ1v) is 12.0. The molecule has 0 unspecified atom stereocenters. The van der Waals surface area contributed by atoms with Crippen molar-refractivity contribution in [3.63, 3.8) is 0 Å². The van der Waals surface area contributed by atoms with Crippen molar-refractivity contribution < 1.29 is 15.3 Å². The summed E-state index contributed by atoms with van der Waals surface area (Å²) >= 11 is 0. The van der Waals surface area contributed by atoms with E-state index < -0.39 is 5.75 Å². The lowest BCUT2D eigenvalue weighted by atomic mass is 9.95. The summed E-state index contributed by atoms with van der Waals surface area (Å²) in [6.07, 6.45) is 12.0. The highest BCUT2D eigenvalue weighted by Crippen LogP contribution is 2.45. The Morgan fingerprint density at radius 3 is 1.88 bits per heavy atom. The normalized spacial score (nSPS) is 11.0. The number of phenols is 3. The lowest BCUT2D eigenvalue weighted by molar-refractivity contribution is 0.366. The molecule has 0 aliphatic carbocycles. The fourth-order valence-corrected chi connectivity index (χ4v) is 4.19. The zero-order valence-corrected chi connectivity index (χ0v) is 19.2. The number of phenolic OH excluding ortho intramolecular Hbond substituents is 3. The Hall–Kier alpha value is -2.94. The van der Waals surface area contributed by atoms with Crippen LogP contribution in [0.3, 0.4) is 0 Å². The van der Waals surface area contributed by atoms with E-state index in [9.17, 15) is 15.3 Å². The molecule has 0 fully saturated rings. The van der Waals surface area contributed by atoms with Gasteiger partial charge < -0.3 is 15.3 Å². The molecule has 3 aromatic carbocycles. The Morgan fingerprint density at radius 2 is 1.22 bits per heavy atom. The number of unbranched alkanes of at least 4 members (excludes halogenated alkanes) is 7. The summed E-state index contributed by atoms with van der Waals surface area (Å²) in [5, 5.41) is 31.1. The van der Waals surface area contributed by atoms with Crippen LogP contribution in [-0.2, 0) is 12.8 Å². The zero-order valence-electron chi connectivity index (χ0n) is 19.2. The Kier molecular flexibility index (Phi) is 9.03. The van der Waals surface area contributed by atoms with Crippen molar-refractivity contribution in [2.24, 2.45) is 0 Å². The molecule has 0 radical (unpaired) electrons. The third-order valence-electron chi connectivity index (χ3n) is 6.15. The van der Waals surface area contributed by atoms with Crippen LogP contribution in [0.5, 0.6) is 17.2 Å². The molecule has 3 rings (SSSR count). The van der Waals surface area contributed by atoms with Gasteiger partial charge in [0.15, 0.2) is 11.5 Å². The first-order valence-electron chi connectivity index (χ1n) is 12.0. The lowest BCUT2D eigenvalue weighted by Crippen LogP contribution is -1.92. The largest absolute Gasteiger partial charge is 0.504 e. The first kappa shape index (κ1) is 23.7. The maximum atomic E-state index is 10.5. The summed E-state index contributed by atoms with van der Waals surface area (Å²) in [5.41, 5.74) is 4.26. The van der Waals surface area contributed by atoms with Gasteiger partial charge in [0.2, 0.25) is 5.75 Å². The van der Waals surface area contributed by atoms with Gasteiger partial charge in [0.25, 0.3) is 0 Å². The lowest BCUT2D eigenvalue weighted by Gasteiger charge is -2.13. The van der Waals surface area contributed by atoms with Gasteiger partial charge in [0, 0.05) is 17.5 Å². The van der Waals surface area contributed by atoms with E-state index in [-0.39, 0.29) is 11.5 Å². The van der Waals surface area contributed by atoms with Crippen molar-refractivity contribution in [1.29, 1.82) is 0 Å². The first-order chi connectivity index (χ1) is 15.6. The fourth-order valence-electron chi connectivity index (χ4n) is 4.19. The summed E-state index contributed by atoms with van der Waals surface area (Å²) < 4.78 is 0. The van der Waals surface area contributed by atoms with Gasteiger partial charge in [-0.1, -0.05) is 106 Å². The topological polar surface area (TPSA) is 60.7 Å². The van der Waals surface area contributed by atoms with E-state index in [4.69, 9.17) is 0 Å². The molecule has 3 N–H and O–H groups in total. The second-order valence-electron chi connectivity index (χ2n) is 8.71. The Labute approximate surface area is 192 Å². The summed E-state index contributed by atoms with van der Waals surface area (Å²) in [6, 6.07) is 19.7. The number of hydrogen-bond donors (Lipinski definition) is 3. The number of aromatic hydroxyl groups is 3. The summed E-state index contributed by atoms with van der Waals surface area (Å²) in [7, 11) is 0. The minimum atomic E-state index is -0.462. The van der Waals surface area contributed by atoms with Crippen LogP contribution >= 0.6 is 0 Å². The highest BCUT2D eigenvalue weighted by Gasteiger charge is 2.18. The second-order valence-corrected chi connectivity index (χ2v) is 8.71. The third kappa shape index (κ3) is 6.53. The predicted octanol–water partition coefficient (Wildman–Crippen LogP) is 7.74. The van der Waals surface area contributed by atoms with Crippen molar-refractivity contribution in [2.45, 2.75) is 71.1 Å². The molecule has 170 valence electrons. The van der Waals surface area contributed by atoms with Crippen LogP contribution in [0.1, 0.15) is 75.0 Å². The molecule has 0 aromatic heterocycles. The van der Waals surface area contributed by atoms with Crippen molar-refractivity contribution >= 4 is 0 Å². The predicted molar refractivity (Wildman–Crippen MR) is 132 cm³/mol. The van der Waals surface area contributed by atoms with Gasteiger partial charge in [0.1, 0.15) is 0 Å². The third-order valence-corrected chi connectivity index (χ3v) is 6.15. The molecule has 0 saturated carbocycles. The minimum Gasteiger partial charge on any atom is -0.504 e. The molecule has 0 atom stereocenters. The van der Waals surface area contributed by atoms with E-state index in [1.165, 1.54) is 56.9 Å². The van der Waals surface area contributed by atoms with Gasteiger partial charge in [-0.25, -0.2) is 0 Å². The van der Waals surface area contributed by atoms with Crippen LogP contribution in [0.15, 0.2) is 60.7 Å². The molecule has 3 heteroatoms. The van der Waals surface area contributed by atoms with Gasteiger partial charge in [0.05, 0.1) is 0 Å². The zero-order chi connectivity index (χ0) is 22.8. The molecule has 32 heavy (non-hydrogen) atoms. The molecule has 0 amide bonds. The van der Waals surface area contributed by atoms with E-state index in [0.717, 1.165) is 17.5 Å². The molecule has 0 aliphatic rings. The molecule has 0 bridgehead atoms. The molecule has 0 saturated heterocycles. The number of aryl methyl sites for hydroxylation is 1. The number of rotatable bonds is 12. The monoisotopic (exact) mass is 432 g/mol. The van der Waals surface area contributed by atoms with E-state index in [2.05, 4.69) is 19.1 Å². The van der Waals surface area contributed by atoms with E-state index in [0.29, 0.717) is 17.5 Å². The molecular weight excluding hydrogens is 396 g/mol. The fraction of sp³-hybridized carbons (Fsp3) is 0.379. The van der Waals surface area contributed by atoms with E-state index in [1.807, 2.05) is 42.5 Å². The van der Waals surface area contributed by atoms with Gasteiger partial charge in [-0.15, -0.1) is 0 Å². The van der Waals surface area contributed by atoms with E-state index >= 15 is 0 Å². The quantitative estimate of drug-likeness (QED) is 0.202. The molecule has 3 aromatic rings. The molecule has 3 nitrogen and oxygen atoms in total. The van der Waals surface area contributed by atoms with Crippen LogP contribution in [0.4, 0.5) is 0 Å². The van der Waals surface area contributed by atoms with Crippen molar-refractivity contribution in [3.05, 3.63) is 77.4 Å². The van der Waals surface area contributed by atoms with Crippen LogP contribution < -0.4 is 0 Å². The molecule has 0 heterocycles. The average Bonchev–Trinajstić information content (AvgIpc) is 2.82. The van der Waals surface area contributed by atoms with Crippen LogP contribution in [0.25, 0.3) is 11.1 Å². The highest BCUT2D eigenvalue weighted by molar-refractivity contribution is 5.77. The molecule has 0 aliphatic heterocycles. The van der Waals surface area contributed by atoms with Gasteiger partial charge in [-0.2, -0.15) is 0 Å². The Bertz CT molecular complexity index is 962. The Balaban J connectivity index is 1.62. The summed E-state index contributed by atoms with van der Waals surface area (Å²) in [4.78, 5) is 0. The SMILES string of the molecule is CCCCCCCCCCc1ccc(-c2cc(Cc3ccccc3)c(O)c(O)c2O)cc1. The highest BCUT2D eigenvalue weighted by atomic mass is 16.3. The van der Waals surface area contributed by atoms with Crippen molar-refractivity contribution in [3.8, 4) is 28.4 Å². The summed E-state index contributed by atoms with van der Waals surface area (Å²) in [5.74, 6) is -1.01. The summed E-state index contributed by atoms with van der Waals surface area (Å²) in [6.45, 7) is 2.25. The number of benzene rings is 3. The number of hydrogen-bond acceptors (Lipinski definition) is 3. The van der Waals surface area contributed by atoms with Crippen LogP contribution in [0, 0.1) is 0 Å².